The van der Waals surface area contributed by atoms with Crippen LogP contribution in [0, 0.1) is 6.92 Å². The highest BCUT2D eigenvalue weighted by atomic mass is 15.1. The zero-order valence-corrected chi connectivity index (χ0v) is 15.0. The summed E-state index contributed by atoms with van der Waals surface area (Å²) in [4.78, 5) is 6.74. The topological polar surface area (TPSA) is 16.1 Å². The van der Waals surface area contributed by atoms with Crippen LogP contribution in [0.5, 0.6) is 0 Å². The maximum Gasteiger partial charge on any atom is 0.0433 e. The van der Waals surface area contributed by atoms with Crippen LogP contribution in [0.1, 0.15) is 16.7 Å². The second-order valence-electron chi connectivity index (χ2n) is 6.69. The maximum absolute atomic E-state index is 4.31. The number of aryl methyl sites for hydroxylation is 1. The van der Waals surface area contributed by atoms with E-state index in [-0.39, 0.29) is 0 Å². The molecule has 0 radical (unpaired) electrons. The zero-order valence-electron chi connectivity index (χ0n) is 15.0. The van der Waals surface area contributed by atoms with Gasteiger partial charge in [0.25, 0.3) is 0 Å². The molecule has 26 heavy (non-hydrogen) atoms. The third kappa shape index (κ3) is 3.60. The number of pyridine rings is 1. The van der Waals surface area contributed by atoms with E-state index in [0.717, 1.165) is 13.1 Å². The smallest absolute Gasteiger partial charge is 0.0433 e. The van der Waals surface area contributed by atoms with Crippen molar-refractivity contribution in [1.29, 1.82) is 0 Å². The van der Waals surface area contributed by atoms with Gasteiger partial charge in [-0.3, -0.25) is 4.98 Å². The normalized spacial score (nSPS) is 10.8. The van der Waals surface area contributed by atoms with Gasteiger partial charge in [0, 0.05) is 36.6 Å². The van der Waals surface area contributed by atoms with E-state index >= 15 is 0 Å². The molecule has 3 aromatic carbocycles. The fourth-order valence-electron chi connectivity index (χ4n) is 3.34. The molecule has 4 aromatic rings. The summed E-state index contributed by atoms with van der Waals surface area (Å²) < 4.78 is 0. The summed E-state index contributed by atoms with van der Waals surface area (Å²) in [7, 11) is 0. The van der Waals surface area contributed by atoms with E-state index in [1.165, 1.54) is 33.2 Å². The number of aromatic nitrogens is 1. The predicted molar refractivity (Wildman–Crippen MR) is 109 cm³/mol. The largest absolute Gasteiger partial charge is 0.363 e. The lowest BCUT2D eigenvalue weighted by molar-refractivity contribution is 0.800. The lowest BCUT2D eigenvalue weighted by atomic mass is 10.1. The van der Waals surface area contributed by atoms with Crippen molar-refractivity contribution >= 4 is 16.5 Å². The molecule has 4 rings (SSSR count). The second-order valence-corrected chi connectivity index (χ2v) is 6.69. The summed E-state index contributed by atoms with van der Waals surface area (Å²) in [6, 6.07) is 28.0. The van der Waals surface area contributed by atoms with Gasteiger partial charge in [-0.1, -0.05) is 66.7 Å². The summed E-state index contributed by atoms with van der Waals surface area (Å²) in [5.74, 6) is 0. The van der Waals surface area contributed by atoms with Crippen LogP contribution >= 0.6 is 0 Å². The average Bonchev–Trinajstić information content (AvgIpc) is 2.69. The van der Waals surface area contributed by atoms with Crippen LogP contribution in [0.4, 0.5) is 5.69 Å². The highest BCUT2D eigenvalue weighted by Gasteiger charge is 2.10. The Hall–Kier alpha value is -3.13. The zero-order chi connectivity index (χ0) is 17.8. The first-order valence-corrected chi connectivity index (χ1v) is 8.97. The minimum atomic E-state index is 0.880. The van der Waals surface area contributed by atoms with E-state index in [2.05, 4.69) is 95.7 Å². The molecule has 2 heteroatoms. The van der Waals surface area contributed by atoms with Crippen molar-refractivity contribution in [3.8, 4) is 0 Å². The number of rotatable bonds is 5. The molecule has 1 heterocycles. The first kappa shape index (κ1) is 16.3. The van der Waals surface area contributed by atoms with Gasteiger partial charge in [-0.25, -0.2) is 0 Å². The number of hydrogen-bond donors (Lipinski definition) is 0. The fraction of sp³-hybridized carbons (Fsp3) is 0.125. The van der Waals surface area contributed by atoms with Gasteiger partial charge in [0.2, 0.25) is 0 Å². The summed E-state index contributed by atoms with van der Waals surface area (Å²) in [5, 5.41) is 2.46. The van der Waals surface area contributed by atoms with E-state index in [1.807, 2.05) is 12.4 Å². The minimum absolute atomic E-state index is 0.880. The quantitative estimate of drug-likeness (QED) is 0.460. The summed E-state index contributed by atoms with van der Waals surface area (Å²) in [6.07, 6.45) is 3.87. The third-order valence-electron chi connectivity index (χ3n) is 4.74. The lowest BCUT2D eigenvalue weighted by Crippen LogP contribution is -2.22. The van der Waals surface area contributed by atoms with Crippen molar-refractivity contribution in [2.45, 2.75) is 20.0 Å². The second kappa shape index (κ2) is 7.40. The summed E-state index contributed by atoms with van der Waals surface area (Å²) in [5.41, 5.74) is 5.08. The molecule has 0 N–H and O–H groups in total. The molecule has 0 amide bonds. The predicted octanol–water partition coefficient (Wildman–Crippen LogP) is 5.75. The first-order valence-electron chi connectivity index (χ1n) is 8.97. The molecule has 0 fully saturated rings. The Balaban J connectivity index is 1.73. The summed E-state index contributed by atoms with van der Waals surface area (Å²) in [6.45, 7) is 3.88. The Morgan fingerprint density at radius 1 is 0.731 bits per heavy atom. The number of anilines is 1. The molecule has 0 saturated carbocycles. The van der Waals surface area contributed by atoms with Gasteiger partial charge in [0.1, 0.15) is 0 Å². The van der Waals surface area contributed by atoms with Crippen molar-refractivity contribution in [3.05, 3.63) is 108 Å². The Morgan fingerprint density at radius 2 is 1.35 bits per heavy atom. The number of nitrogens with zero attached hydrogens (tertiary/aromatic N) is 2. The van der Waals surface area contributed by atoms with Crippen molar-refractivity contribution < 1.29 is 0 Å². The highest BCUT2D eigenvalue weighted by Crippen LogP contribution is 2.26. The number of fused-ring (bicyclic) bond motifs is 1. The monoisotopic (exact) mass is 338 g/mol. The molecule has 0 aliphatic heterocycles. The van der Waals surface area contributed by atoms with Gasteiger partial charge in [0.05, 0.1) is 0 Å². The molecular weight excluding hydrogens is 316 g/mol. The third-order valence-corrected chi connectivity index (χ3v) is 4.74. The van der Waals surface area contributed by atoms with Gasteiger partial charge in [-0.2, -0.15) is 0 Å². The van der Waals surface area contributed by atoms with Crippen LogP contribution in [-0.4, -0.2) is 4.98 Å². The van der Waals surface area contributed by atoms with Crippen molar-refractivity contribution in [2.75, 3.05) is 4.90 Å². The van der Waals surface area contributed by atoms with Crippen LogP contribution in [0.25, 0.3) is 10.8 Å². The SMILES string of the molecule is Cc1cncc2ccc(N(Cc3ccccc3)Cc3ccccc3)cc12. The fourth-order valence-corrected chi connectivity index (χ4v) is 3.34. The Bertz CT molecular complexity index is 953. The summed E-state index contributed by atoms with van der Waals surface area (Å²) >= 11 is 0. The van der Waals surface area contributed by atoms with E-state index in [1.54, 1.807) is 0 Å². The average molecular weight is 338 g/mol. The van der Waals surface area contributed by atoms with Crippen LogP contribution in [0.3, 0.4) is 0 Å². The molecule has 0 atom stereocenters. The van der Waals surface area contributed by atoms with E-state index in [4.69, 9.17) is 0 Å². The Labute approximate surface area is 154 Å². The van der Waals surface area contributed by atoms with Crippen molar-refractivity contribution in [2.24, 2.45) is 0 Å². The Kier molecular flexibility index (Phi) is 4.65. The molecule has 0 aliphatic carbocycles. The van der Waals surface area contributed by atoms with Crippen LogP contribution in [0.15, 0.2) is 91.3 Å². The molecule has 0 aliphatic rings. The van der Waals surface area contributed by atoms with E-state index in [9.17, 15) is 0 Å². The minimum Gasteiger partial charge on any atom is -0.363 e. The van der Waals surface area contributed by atoms with Crippen LogP contribution in [-0.2, 0) is 13.1 Å². The molecular formula is C24H22N2. The van der Waals surface area contributed by atoms with Crippen LogP contribution < -0.4 is 4.90 Å². The highest BCUT2D eigenvalue weighted by molar-refractivity contribution is 5.87. The molecule has 128 valence electrons. The lowest BCUT2D eigenvalue weighted by Gasteiger charge is -2.26. The molecule has 0 bridgehead atoms. The van der Waals surface area contributed by atoms with Gasteiger partial charge < -0.3 is 4.90 Å². The van der Waals surface area contributed by atoms with Gasteiger partial charge in [-0.05, 0) is 41.1 Å². The number of benzene rings is 3. The van der Waals surface area contributed by atoms with Crippen molar-refractivity contribution in [1.82, 2.24) is 4.98 Å². The standard InChI is InChI=1S/C24H22N2/c1-19-15-25-16-22-12-13-23(14-24(19)22)26(17-20-8-4-2-5-9-20)18-21-10-6-3-7-11-21/h2-16H,17-18H2,1H3. The van der Waals surface area contributed by atoms with Gasteiger partial charge >= 0.3 is 0 Å². The van der Waals surface area contributed by atoms with Crippen LogP contribution in [0.2, 0.25) is 0 Å². The van der Waals surface area contributed by atoms with E-state index < -0.39 is 0 Å². The Morgan fingerprint density at radius 3 is 1.96 bits per heavy atom. The number of hydrogen-bond acceptors (Lipinski definition) is 2. The van der Waals surface area contributed by atoms with Gasteiger partial charge in [0.15, 0.2) is 0 Å². The van der Waals surface area contributed by atoms with E-state index in [0.29, 0.717) is 0 Å². The first-order chi connectivity index (χ1) is 12.8. The van der Waals surface area contributed by atoms with Crippen molar-refractivity contribution in [3.63, 3.8) is 0 Å². The van der Waals surface area contributed by atoms with Gasteiger partial charge in [-0.15, -0.1) is 0 Å². The molecule has 1 aromatic heterocycles. The molecule has 0 spiro atoms. The molecule has 0 unspecified atom stereocenters. The maximum atomic E-state index is 4.31. The molecule has 2 nitrogen and oxygen atoms in total. The molecule has 0 saturated heterocycles.